The number of carbonyl (C=O) groups is 1. The number of halogens is 1. The van der Waals surface area contributed by atoms with Crippen molar-refractivity contribution in [3.8, 4) is 11.5 Å². The zero-order valence-electron chi connectivity index (χ0n) is 11.5. The van der Waals surface area contributed by atoms with E-state index in [9.17, 15) is 15.0 Å². The average Bonchev–Trinajstić information content (AvgIpc) is 2.45. The fourth-order valence-corrected chi connectivity index (χ4v) is 2.07. The van der Waals surface area contributed by atoms with Crippen LogP contribution < -0.4 is 5.32 Å². The van der Waals surface area contributed by atoms with E-state index in [4.69, 9.17) is 11.6 Å². The molecular weight excluding hydrogens is 290 g/mol. The number of hydrogen-bond acceptors (Lipinski definition) is 3. The summed E-state index contributed by atoms with van der Waals surface area (Å²) in [4.78, 5) is 12.1. The second kappa shape index (κ2) is 6.50. The Labute approximate surface area is 128 Å². The van der Waals surface area contributed by atoms with Gasteiger partial charge in [0, 0.05) is 16.6 Å². The van der Waals surface area contributed by atoms with Crippen LogP contribution in [0.25, 0.3) is 0 Å². The first kappa shape index (κ1) is 15.2. The molecule has 1 amide bonds. The molecule has 0 bridgehead atoms. The van der Waals surface area contributed by atoms with E-state index in [1.807, 2.05) is 0 Å². The van der Waals surface area contributed by atoms with Crippen molar-refractivity contribution in [2.75, 3.05) is 5.32 Å². The van der Waals surface area contributed by atoms with Crippen molar-refractivity contribution in [1.29, 1.82) is 0 Å². The van der Waals surface area contributed by atoms with Gasteiger partial charge in [-0.15, -0.1) is 0 Å². The van der Waals surface area contributed by atoms with Crippen LogP contribution in [-0.2, 0) is 11.2 Å². The number of carbonyl (C=O) groups excluding carboxylic acids is 1. The lowest BCUT2D eigenvalue weighted by Crippen LogP contribution is -2.22. The number of phenolic OH excluding ortho intramolecular Hbond substituents is 2. The van der Waals surface area contributed by atoms with Gasteiger partial charge >= 0.3 is 0 Å². The second-order valence-corrected chi connectivity index (χ2v) is 5.36. The van der Waals surface area contributed by atoms with E-state index in [-0.39, 0.29) is 23.3 Å². The van der Waals surface area contributed by atoms with Gasteiger partial charge in [-0.2, -0.15) is 0 Å². The number of benzene rings is 2. The number of aromatic hydroxyl groups is 2. The van der Waals surface area contributed by atoms with Crippen LogP contribution >= 0.6 is 11.6 Å². The molecule has 4 nitrogen and oxygen atoms in total. The van der Waals surface area contributed by atoms with Crippen molar-refractivity contribution < 1.29 is 15.0 Å². The van der Waals surface area contributed by atoms with Gasteiger partial charge < -0.3 is 15.5 Å². The maximum absolute atomic E-state index is 12.1. The molecule has 21 heavy (non-hydrogen) atoms. The first-order valence-electron chi connectivity index (χ1n) is 6.53. The Kier molecular flexibility index (Phi) is 4.70. The van der Waals surface area contributed by atoms with E-state index < -0.39 is 0 Å². The molecule has 2 aromatic rings. The van der Waals surface area contributed by atoms with Crippen LogP contribution in [0.5, 0.6) is 11.5 Å². The molecule has 0 saturated heterocycles. The highest BCUT2D eigenvalue weighted by Gasteiger charge is 2.14. The summed E-state index contributed by atoms with van der Waals surface area (Å²) in [6, 6.07) is 11.4. The Morgan fingerprint density at radius 2 is 1.81 bits per heavy atom. The Hall–Kier alpha value is -2.20. The van der Waals surface area contributed by atoms with E-state index >= 15 is 0 Å². The lowest BCUT2D eigenvalue weighted by atomic mass is 10.00. The summed E-state index contributed by atoms with van der Waals surface area (Å²) in [5.74, 6) is -0.746. The maximum atomic E-state index is 12.1. The number of nitrogens with one attached hydrogen (secondary N) is 1. The van der Waals surface area contributed by atoms with Crippen molar-refractivity contribution in [3.05, 3.63) is 53.1 Å². The van der Waals surface area contributed by atoms with E-state index in [1.54, 1.807) is 37.3 Å². The Balaban J connectivity index is 1.98. The number of anilines is 1. The summed E-state index contributed by atoms with van der Waals surface area (Å²) in [6.07, 6.45) is 0.466. The third kappa shape index (κ3) is 4.13. The van der Waals surface area contributed by atoms with Crippen molar-refractivity contribution in [1.82, 2.24) is 0 Å². The highest BCUT2D eigenvalue weighted by molar-refractivity contribution is 6.30. The zero-order chi connectivity index (χ0) is 15.4. The van der Waals surface area contributed by atoms with Gasteiger partial charge in [0.05, 0.1) is 0 Å². The highest BCUT2D eigenvalue weighted by Crippen LogP contribution is 2.26. The van der Waals surface area contributed by atoms with Crippen molar-refractivity contribution in [2.45, 2.75) is 13.3 Å². The van der Waals surface area contributed by atoms with Crippen molar-refractivity contribution >= 4 is 23.2 Å². The molecule has 0 aliphatic carbocycles. The fourth-order valence-electron chi connectivity index (χ4n) is 1.94. The van der Waals surface area contributed by atoms with Crippen LogP contribution in [0, 0.1) is 5.92 Å². The van der Waals surface area contributed by atoms with Crippen LogP contribution in [0.3, 0.4) is 0 Å². The standard InChI is InChI=1S/C16H16ClNO3/c1-10(8-11-2-7-14(19)15(20)9-11)16(21)18-13-5-3-12(17)4-6-13/h2-7,9-10,19-20H,8H2,1H3,(H,18,21). The Morgan fingerprint density at radius 1 is 1.14 bits per heavy atom. The van der Waals surface area contributed by atoms with Crippen LogP contribution in [0.1, 0.15) is 12.5 Å². The van der Waals surface area contributed by atoms with Crippen LogP contribution in [0.2, 0.25) is 5.02 Å². The molecule has 0 heterocycles. The molecule has 1 atom stereocenters. The fraction of sp³-hybridized carbons (Fsp3) is 0.188. The number of phenols is 2. The summed E-state index contributed by atoms with van der Waals surface area (Å²) in [7, 11) is 0. The van der Waals surface area contributed by atoms with Gasteiger partial charge in [-0.05, 0) is 48.4 Å². The minimum Gasteiger partial charge on any atom is -0.504 e. The van der Waals surface area contributed by atoms with E-state index in [0.717, 1.165) is 5.56 Å². The molecule has 5 heteroatoms. The van der Waals surface area contributed by atoms with E-state index in [2.05, 4.69) is 5.32 Å². The summed E-state index contributed by atoms with van der Waals surface area (Å²) >= 11 is 5.79. The molecule has 0 radical (unpaired) electrons. The molecule has 3 N–H and O–H groups in total. The highest BCUT2D eigenvalue weighted by atomic mass is 35.5. The van der Waals surface area contributed by atoms with Crippen LogP contribution in [0.4, 0.5) is 5.69 Å². The van der Waals surface area contributed by atoms with Gasteiger partial charge in [-0.1, -0.05) is 24.6 Å². The normalized spacial score (nSPS) is 11.9. The molecule has 0 fully saturated rings. The molecule has 1 unspecified atom stereocenters. The first-order chi connectivity index (χ1) is 9.95. The minimum atomic E-state index is -0.273. The topological polar surface area (TPSA) is 69.6 Å². The van der Waals surface area contributed by atoms with Crippen molar-refractivity contribution in [2.24, 2.45) is 5.92 Å². The third-order valence-corrected chi connectivity index (χ3v) is 3.39. The summed E-state index contributed by atoms with van der Waals surface area (Å²) in [6.45, 7) is 1.80. The van der Waals surface area contributed by atoms with Gasteiger partial charge in [0.1, 0.15) is 0 Å². The molecule has 0 aliphatic rings. The van der Waals surface area contributed by atoms with Gasteiger partial charge in [-0.3, -0.25) is 4.79 Å². The molecule has 0 spiro atoms. The number of amides is 1. The maximum Gasteiger partial charge on any atom is 0.227 e. The Bertz CT molecular complexity index is 640. The predicted octanol–water partition coefficient (Wildman–Crippen LogP) is 3.57. The van der Waals surface area contributed by atoms with Crippen LogP contribution in [0.15, 0.2) is 42.5 Å². The average molecular weight is 306 g/mol. The van der Waals surface area contributed by atoms with Gasteiger partial charge in [0.2, 0.25) is 5.91 Å². The number of rotatable bonds is 4. The molecule has 2 rings (SSSR count). The van der Waals surface area contributed by atoms with Gasteiger partial charge in [0.25, 0.3) is 0 Å². The van der Waals surface area contributed by atoms with Gasteiger partial charge in [-0.25, -0.2) is 0 Å². The minimum absolute atomic E-state index is 0.120. The largest absolute Gasteiger partial charge is 0.504 e. The quantitative estimate of drug-likeness (QED) is 0.756. The first-order valence-corrected chi connectivity index (χ1v) is 6.91. The molecule has 0 aliphatic heterocycles. The van der Waals surface area contributed by atoms with Crippen molar-refractivity contribution in [3.63, 3.8) is 0 Å². The number of hydrogen-bond donors (Lipinski definition) is 3. The van der Waals surface area contributed by atoms with Gasteiger partial charge in [0.15, 0.2) is 11.5 Å². The zero-order valence-corrected chi connectivity index (χ0v) is 12.3. The molecule has 0 saturated carbocycles. The molecule has 110 valence electrons. The molecular formula is C16H16ClNO3. The Morgan fingerprint density at radius 3 is 2.43 bits per heavy atom. The monoisotopic (exact) mass is 305 g/mol. The van der Waals surface area contributed by atoms with Crippen LogP contribution in [-0.4, -0.2) is 16.1 Å². The van der Waals surface area contributed by atoms with E-state index in [0.29, 0.717) is 17.1 Å². The van der Waals surface area contributed by atoms with E-state index in [1.165, 1.54) is 12.1 Å². The summed E-state index contributed by atoms with van der Waals surface area (Å²) in [5.41, 5.74) is 1.47. The SMILES string of the molecule is CC(Cc1ccc(O)c(O)c1)C(=O)Nc1ccc(Cl)cc1. The lowest BCUT2D eigenvalue weighted by molar-refractivity contribution is -0.119. The smallest absolute Gasteiger partial charge is 0.227 e. The molecule has 2 aromatic carbocycles. The summed E-state index contributed by atoms with van der Waals surface area (Å²) < 4.78 is 0. The summed E-state index contributed by atoms with van der Waals surface area (Å²) in [5, 5.41) is 22.1. The second-order valence-electron chi connectivity index (χ2n) is 4.92. The third-order valence-electron chi connectivity index (χ3n) is 3.14. The lowest BCUT2D eigenvalue weighted by Gasteiger charge is -2.13. The predicted molar refractivity (Wildman–Crippen MR) is 82.7 cm³/mol. The molecule has 0 aromatic heterocycles.